The topological polar surface area (TPSA) is 44.8 Å². The second kappa shape index (κ2) is 4.10. The van der Waals surface area contributed by atoms with Gasteiger partial charge in [-0.3, -0.25) is 0 Å². The van der Waals surface area contributed by atoms with Gasteiger partial charge in [-0.05, 0) is 28.1 Å². The van der Waals surface area contributed by atoms with Crippen molar-refractivity contribution < 1.29 is 19.0 Å². The molecular weight excluding hydrogens is 264 g/mol. The van der Waals surface area contributed by atoms with E-state index in [1.807, 2.05) is 0 Å². The first kappa shape index (κ1) is 10.3. The van der Waals surface area contributed by atoms with Crippen molar-refractivity contribution in [1.82, 2.24) is 0 Å². The third kappa shape index (κ3) is 1.79. The molecule has 4 nitrogen and oxygen atoms in total. The Kier molecular flexibility index (Phi) is 2.81. The second-order valence-corrected chi connectivity index (χ2v) is 3.79. The Hall–Kier alpha value is -1.23. The maximum Gasteiger partial charge on any atom is 0.342 e. The Morgan fingerprint density at radius 2 is 2.13 bits per heavy atom. The van der Waals surface area contributed by atoms with Crippen molar-refractivity contribution in [2.24, 2.45) is 0 Å². The fraction of sp³-hybridized carbons (Fsp3) is 0.300. The maximum absolute atomic E-state index is 11.5. The summed E-state index contributed by atoms with van der Waals surface area (Å²) < 4.78 is 16.1. The smallest absolute Gasteiger partial charge is 0.342 e. The summed E-state index contributed by atoms with van der Waals surface area (Å²) in [7, 11) is 1.33. The molecule has 0 saturated heterocycles. The number of methoxy groups -OCH3 is 1. The number of esters is 1. The number of ether oxygens (including phenoxy) is 3. The molecule has 0 radical (unpaired) electrons. The average molecular weight is 273 g/mol. The fourth-order valence-corrected chi connectivity index (χ4v) is 1.86. The van der Waals surface area contributed by atoms with Crippen molar-refractivity contribution >= 4 is 21.9 Å². The van der Waals surface area contributed by atoms with Gasteiger partial charge < -0.3 is 14.2 Å². The lowest BCUT2D eigenvalue weighted by molar-refractivity contribution is 0.0589. The highest BCUT2D eigenvalue weighted by Crippen LogP contribution is 2.38. The monoisotopic (exact) mass is 272 g/mol. The minimum atomic E-state index is -0.441. The largest absolute Gasteiger partial charge is 0.486 e. The van der Waals surface area contributed by atoms with E-state index in [9.17, 15) is 4.79 Å². The molecule has 0 fully saturated rings. The van der Waals surface area contributed by atoms with E-state index < -0.39 is 5.97 Å². The number of fused-ring (bicyclic) bond motifs is 1. The Morgan fingerprint density at radius 3 is 2.87 bits per heavy atom. The average Bonchev–Trinajstić information content (AvgIpc) is 2.28. The van der Waals surface area contributed by atoms with Gasteiger partial charge >= 0.3 is 5.97 Å². The van der Waals surface area contributed by atoms with Crippen molar-refractivity contribution in [3.05, 3.63) is 22.2 Å². The summed E-state index contributed by atoms with van der Waals surface area (Å²) >= 11 is 3.28. The van der Waals surface area contributed by atoms with Crippen LogP contribution in [0, 0.1) is 0 Å². The van der Waals surface area contributed by atoms with Gasteiger partial charge in [0.2, 0.25) is 0 Å². The zero-order valence-corrected chi connectivity index (χ0v) is 9.67. The number of halogens is 1. The first-order valence-corrected chi connectivity index (χ1v) is 5.19. The normalized spacial score (nSPS) is 13.5. The molecule has 5 heteroatoms. The molecule has 1 aliphatic heterocycles. The summed E-state index contributed by atoms with van der Waals surface area (Å²) in [4.78, 5) is 11.5. The molecule has 0 atom stereocenters. The predicted octanol–water partition coefficient (Wildman–Crippen LogP) is 2.01. The number of rotatable bonds is 1. The van der Waals surface area contributed by atoms with Gasteiger partial charge in [-0.25, -0.2) is 4.79 Å². The Balaban J connectivity index is 2.55. The highest BCUT2D eigenvalue weighted by molar-refractivity contribution is 9.10. The van der Waals surface area contributed by atoms with Crippen LogP contribution < -0.4 is 9.47 Å². The summed E-state index contributed by atoms with van der Waals surface area (Å²) in [5, 5.41) is 0. The second-order valence-electron chi connectivity index (χ2n) is 2.94. The summed E-state index contributed by atoms with van der Waals surface area (Å²) in [6, 6.07) is 3.49. The first-order chi connectivity index (χ1) is 7.24. The van der Waals surface area contributed by atoms with Crippen LogP contribution in [0.1, 0.15) is 10.4 Å². The van der Waals surface area contributed by atoms with E-state index in [-0.39, 0.29) is 0 Å². The lowest BCUT2D eigenvalue weighted by atomic mass is 10.2. The van der Waals surface area contributed by atoms with Gasteiger partial charge in [0.15, 0.2) is 11.5 Å². The van der Waals surface area contributed by atoms with Crippen LogP contribution in [0.25, 0.3) is 0 Å². The fourth-order valence-electron chi connectivity index (χ4n) is 1.38. The molecule has 1 aromatic carbocycles. The first-order valence-electron chi connectivity index (χ1n) is 4.40. The highest BCUT2D eigenvalue weighted by atomic mass is 79.9. The zero-order valence-electron chi connectivity index (χ0n) is 8.08. The number of benzene rings is 1. The van der Waals surface area contributed by atoms with Gasteiger partial charge in [-0.15, -0.1) is 0 Å². The van der Waals surface area contributed by atoms with E-state index in [0.717, 1.165) is 0 Å². The van der Waals surface area contributed by atoms with Crippen LogP contribution in [0.4, 0.5) is 0 Å². The number of carbonyl (C=O) groups excluding carboxylic acids is 1. The van der Waals surface area contributed by atoms with E-state index in [2.05, 4.69) is 20.7 Å². The summed E-state index contributed by atoms with van der Waals surface area (Å²) in [5.74, 6) is 0.580. The van der Waals surface area contributed by atoms with Crippen LogP contribution in [0.5, 0.6) is 11.5 Å². The molecule has 0 unspecified atom stereocenters. The van der Waals surface area contributed by atoms with Gasteiger partial charge in [-0.1, -0.05) is 0 Å². The van der Waals surface area contributed by atoms with Crippen molar-refractivity contribution in [1.29, 1.82) is 0 Å². The molecule has 1 heterocycles. The van der Waals surface area contributed by atoms with E-state index in [0.29, 0.717) is 34.7 Å². The predicted molar refractivity (Wildman–Crippen MR) is 56.5 cm³/mol. The molecule has 1 aliphatic rings. The third-order valence-corrected chi connectivity index (χ3v) is 2.71. The van der Waals surface area contributed by atoms with Crippen LogP contribution in [-0.4, -0.2) is 26.3 Å². The van der Waals surface area contributed by atoms with E-state index in [1.54, 1.807) is 12.1 Å². The van der Waals surface area contributed by atoms with Gasteiger partial charge in [0.25, 0.3) is 0 Å². The van der Waals surface area contributed by atoms with Gasteiger partial charge in [-0.2, -0.15) is 0 Å². The van der Waals surface area contributed by atoms with E-state index in [4.69, 9.17) is 9.47 Å². The Bertz CT molecular complexity index is 403. The molecule has 2 rings (SSSR count). The van der Waals surface area contributed by atoms with Crippen LogP contribution in [0.15, 0.2) is 16.6 Å². The van der Waals surface area contributed by atoms with Crippen LogP contribution in [-0.2, 0) is 4.74 Å². The van der Waals surface area contributed by atoms with Gasteiger partial charge in [0.05, 0.1) is 7.11 Å². The Labute approximate surface area is 95.3 Å². The van der Waals surface area contributed by atoms with Crippen LogP contribution in [0.3, 0.4) is 0 Å². The molecule has 80 valence electrons. The molecule has 1 aromatic rings. The lowest BCUT2D eigenvalue weighted by Crippen LogP contribution is -2.18. The number of carbonyl (C=O) groups is 1. The summed E-state index contributed by atoms with van der Waals surface area (Å²) in [6.45, 7) is 0.933. The van der Waals surface area contributed by atoms with Crippen molar-refractivity contribution in [3.63, 3.8) is 0 Å². The number of hydrogen-bond donors (Lipinski definition) is 0. The lowest BCUT2D eigenvalue weighted by Gasteiger charge is -2.20. The van der Waals surface area contributed by atoms with E-state index >= 15 is 0 Å². The van der Waals surface area contributed by atoms with Crippen molar-refractivity contribution in [3.8, 4) is 11.5 Å². The molecule has 0 aromatic heterocycles. The number of hydrogen-bond acceptors (Lipinski definition) is 4. The molecule has 0 N–H and O–H groups in total. The minimum absolute atomic E-state index is 0.370. The third-order valence-electron chi connectivity index (χ3n) is 2.05. The van der Waals surface area contributed by atoms with Crippen molar-refractivity contribution in [2.75, 3.05) is 20.3 Å². The van der Waals surface area contributed by atoms with Crippen molar-refractivity contribution in [2.45, 2.75) is 0 Å². The Morgan fingerprint density at radius 1 is 1.40 bits per heavy atom. The molecule has 0 amide bonds. The molecule has 0 bridgehead atoms. The quantitative estimate of drug-likeness (QED) is 0.734. The molecule has 0 spiro atoms. The highest BCUT2D eigenvalue weighted by Gasteiger charge is 2.23. The van der Waals surface area contributed by atoms with Crippen LogP contribution in [0.2, 0.25) is 0 Å². The SMILES string of the molecule is COC(=O)c1c(Br)ccc2c1OCCO2. The standard InChI is InChI=1S/C10H9BrO4/c1-13-10(12)8-6(11)2-3-7-9(8)15-5-4-14-7/h2-3H,4-5H2,1H3. The van der Waals surface area contributed by atoms with Gasteiger partial charge in [0, 0.05) is 4.47 Å². The van der Waals surface area contributed by atoms with Gasteiger partial charge in [0.1, 0.15) is 18.8 Å². The molecular formula is C10H9BrO4. The zero-order chi connectivity index (χ0) is 10.8. The minimum Gasteiger partial charge on any atom is -0.486 e. The summed E-state index contributed by atoms with van der Waals surface area (Å²) in [6.07, 6.45) is 0. The van der Waals surface area contributed by atoms with Crippen LogP contribution >= 0.6 is 15.9 Å². The molecule has 0 saturated carbocycles. The van der Waals surface area contributed by atoms with E-state index in [1.165, 1.54) is 7.11 Å². The maximum atomic E-state index is 11.5. The summed E-state index contributed by atoms with van der Waals surface area (Å²) in [5.41, 5.74) is 0.370. The molecule has 15 heavy (non-hydrogen) atoms. The molecule has 0 aliphatic carbocycles.